The van der Waals surface area contributed by atoms with E-state index < -0.39 is 8.32 Å². The van der Waals surface area contributed by atoms with Gasteiger partial charge in [0.1, 0.15) is 0 Å². The summed E-state index contributed by atoms with van der Waals surface area (Å²) in [4.78, 5) is 11.0. The summed E-state index contributed by atoms with van der Waals surface area (Å²) in [5, 5.41) is 0. The molecule has 1 atom stereocenters. The van der Waals surface area contributed by atoms with Crippen molar-refractivity contribution in [1.29, 1.82) is 0 Å². The Morgan fingerprint density at radius 2 is 1.55 bits per heavy atom. The molecule has 0 amide bonds. The molecule has 0 aliphatic rings. The van der Waals surface area contributed by atoms with E-state index in [-0.39, 0.29) is 12.1 Å². The fraction of sp³-hybridized carbons (Fsp3) is 0.833. The van der Waals surface area contributed by atoms with E-state index in [2.05, 4.69) is 19.7 Å². The Kier molecular flexibility index (Phi) is 12.5. The van der Waals surface area contributed by atoms with E-state index in [4.69, 9.17) is 9.16 Å². The predicted octanol–water partition coefficient (Wildman–Crippen LogP) is 5.47. The van der Waals surface area contributed by atoms with Crippen molar-refractivity contribution in [3.63, 3.8) is 0 Å². The number of ether oxygens (including phenoxy) is 1. The Balaban J connectivity index is 3.30. The summed E-state index contributed by atoms with van der Waals surface area (Å²) in [7, 11) is 0.522. The maximum absolute atomic E-state index is 11.0. The zero-order valence-corrected chi connectivity index (χ0v) is 16.2. The highest BCUT2D eigenvalue weighted by molar-refractivity contribution is 6.71. The van der Waals surface area contributed by atoms with Crippen LogP contribution in [0.15, 0.2) is 12.7 Å². The molecule has 4 heteroatoms. The monoisotopic (exact) mass is 328 g/mol. The second kappa shape index (κ2) is 12.9. The first kappa shape index (κ1) is 21.4. The minimum atomic E-state index is -1.33. The summed E-state index contributed by atoms with van der Waals surface area (Å²) in [5.41, 5.74) is 0. The van der Waals surface area contributed by atoms with Crippen LogP contribution in [0.3, 0.4) is 0 Å². The van der Waals surface area contributed by atoms with Crippen LogP contribution in [0.2, 0.25) is 19.1 Å². The number of carbonyl (C=O) groups is 1. The third kappa shape index (κ3) is 13.1. The second-order valence-corrected chi connectivity index (χ2v) is 11.2. The van der Waals surface area contributed by atoms with Gasteiger partial charge in [0.05, 0.1) is 6.10 Å². The third-order valence-corrected chi connectivity index (χ3v) is 6.84. The molecule has 1 unspecified atom stereocenters. The Hall–Kier alpha value is -0.613. The van der Waals surface area contributed by atoms with E-state index in [1.54, 1.807) is 0 Å². The summed E-state index contributed by atoms with van der Waals surface area (Å²) >= 11 is 0. The molecule has 0 aromatic carbocycles. The van der Waals surface area contributed by atoms with Crippen LogP contribution in [0.5, 0.6) is 0 Å². The lowest BCUT2D eigenvalue weighted by atomic mass is 10.1. The van der Waals surface area contributed by atoms with Crippen LogP contribution in [-0.2, 0) is 14.0 Å². The molecule has 0 heterocycles. The first-order valence-corrected chi connectivity index (χ1v) is 11.9. The molecule has 0 bridgehead atoms. The standard InChI is InChI=1S/C18H36O3Si/c1-6-18(19)21-17(2)15-13-11-9-7-8-10-12-14-16-22(4,5)20-3/h6,17H,1,7-16H2,2-5H3. The Morgan fingerprint density at radius 1 is 1.05 bits per heavy atom. The SMILES string of the molecule is C=CC(=O)OC(C)CCCCCCCCCC[Si](C)(C)OC. The van der Waals surface area contributed by atoms with E-state index in [9.17, 15) is 4.79 Å². The Bertz CT molecular complexity index is 303. The van der Waals surface area contributed by atoms with Crippen LogP contribution in [0.25, 0.3) is 0 Å². The zero-order chi connectivity index (χ0) is 16.8. The van der Waals surface area contributed by atoms with Gasteiger partial charge in [-0.1, -0.05) is 51.5 Å². The quantitative estimate of drug-likeness (QED) is 0.184. The highest BCUT2D eigenvalue weighted by atomic mass is 28.4. The summed E-state index contributed by atoms with van der Waals surface area (Å²) in [5.74, 6) is -0.313. The number of esters is 1. The lowest BCUT2D eigenvalue weighted by Crippen LogP contribution is -2.27. The van der Waals surface area contributed by atoms with Gasteiger partial charge in [-0.25, -0.2) is 4.79 Å². The zero-order valence-electron chi connectivity index (χ0n) is 15.2. The average Bonchev–Trinajstić information content (AvgIpc) is 2.48. The molecule has 0 aliphatic heterocycles. The highest BCUT2D eigenvalue weighted by Crippen LogP contribution is 2.17. The molecule has 0 aliphatic carbocycles. The van der Waals surface area contributed by atoms with Gasteiger partial charge in [-0.05, 0) is 38.9 Å². The number of rotatable bonds is 14. The fourth-order valence-electron chi connectivity index (χ4n) is 2.45. The predicted molar refractivity (Wildman–Crippen MR) is 96.6 cm³/mol. The summed E-state index contributed by atoms with van der Waals surface area (Å²) < 4.78 is 10.7. The van der Waals surface area contributed by atoms with Crippen LogP contribution < -0.4 is 0 Å². The second-order valence-electron chi connectivity index (χ2n) is 6.78. The van der Waals surface area contributed by atoms with Gasteiger partial charge in [-0.3, -0.25) is 0 Å². The first-order valence-electron chi connectivity index (χ1n) is 8.79. The van der Waals surface area contributed by atoms with Crippen molar-refractivity contribution in [3.8, 4) is 0 Å². The third-order valence-electron chi connectivity index (χ3n) is 4.18. The Labute approximate surface area is 138 Å². The van der Waals surface area contributed by atoms with Crippen molar-refractivity contribution < 1.29 is 14.0 Å². The van der Waals surface area contributed by atoms with Crippen molar-refractivity contribution in [2.24, 2.45) is 0 Å². The molecule has 0 aromatic heterocycles. The number of carbonyl (C=O) groups excluding carboxylic acids is 1. The molecule has 0 saturated carbocycles. The number of hydrogen-bond donors (Lipinski definition) is 0. The molecule has 3 nitrogen and oxygen atoms in total. The van der Waals surface area contributed by atoms with Gasteiger partial charge < -0.3 is 9.16 Å². The lowest BCUT2D eigenvalue weighted by Gasteiger charge is -2.19. The molecule has 0 rings (SSSR count). The Morgan fingerprint density at radius 3 is 2.05 bits per heavy atom. The topological polar surface area (TPSA) is 35.5 Å². The highest BCUT2D eigenvalue weighted by Gasteiger charge is 2.19. The van der Waals surface area contributed by atoms with Crippen LogP contribution in [-0.4, -0.2) is 27.5 Å². The van der Waals surface area contributed by atoms with Crippen LogP contribution in [0, 0.1) is 0 Å². The van der Waals surface area contributed by atoms with E-state index in [1.165, 1.54) is 57.1 Å². The normalized spacial score (nSPS) is 12.9. The van der Waals surface area contributed by atoms with Gasteiger partial charge in [0.25, 0.3) is 0 Å². The molecule has 0 fully saturated rings. The van der Waals surface area contributed by atoms with Gasteiger partial charge in [0, 0.05) is 13.2 Å². The van der Waals surface area contributed by atoms with Gasteiger partial charge in [-0.2, -0.15) is 0 Å². The molecule has 0 saturated heterocycles. The smallest absolute Gasteiger partial charge is 0.330 e. The molecule has 22 heavy (non-hydrogen) atoms. The number of hydrogen-bond acceptors (Lipinski definition) is 3. The van der Waals surface area contributed by atoms with E-state index in [0.717, 1.165) is 12.8 Å². The molecule has 0 N–H and O–H groups in total. The minimum absolute atomic E-state index is 0.0128. The summed E-state index contributed by atoms with van der Waals surface area (Å²) in [6.45, 7) is 9.94. The van der Waals surface area contributed by atoms with Gasteiger partial charge >= 0.3 is 5.97 Å². The summed E-state index contributed by atoms with van der Waals surface area (Å²) in [6, 6.07) is 1.28. The fourth-order valence-corrected chi connectivity index (χ4v) is 3.76. The molecule has 130 valence electrons. The summed E-state index contributed by atoms with van der Waals surface area (Å²) in [6.07, 6.45) is 12.5. The van der Waals surface area contributed by atoms with Crippen molar-refractivity contribution >= 4 is 14.3 Å². The minimum Gasteiger partial charge on any atom is -0.460 e. The van der Waals surface area contributed by atoms with Crippen molar-refractivity contribution in [3.05, 3.63) is 12.7 Å². The van der Waals surface area contributed by atoms with E-state index >= 15 is 0 Å². The molecule has 0 radical (unpaired) electrons. The van der Waals surface area contributed by atoms with Gasteiger partial charge in [0.2, 0.25) is 0 Å². The lowest BCUT2D eigenvalue weighted by molar-refractivity contribution is -0.142. The largest absolute Gasteiger partial charge is 0.460 e. The first-order chi connectivity index (χ1) is 10.4. The average molecular weight is 329 g/mol. The maximum atomic E-state index is 11.0. The van der Waals surface area contributed by atoms with Gasteiger partial charge in [0.15, 0.2) is 8.32 Å². The van der Waals surface area contributed by atoms with Crippen molar-refractivity contribution in [2.75, 3.05) is 7.11 Å². The van der Waals surface area contributed by atoms with Crippen molar-refractivity contribution in [2.45, 2.75) is 90.0 Å². The maximum Gasteiger partial charge on any atom is 0.330 e. The molecular weight excluding hydrogens is 292 g/mol. The van der Waals surface area contributed by atoms with E-state index in [1.807, 2.05) is 14.0 Å². The van der Waals surface area contributed by atoms with Crippen LogP contribution >= 0.6 is 0 Å². The van der Waals surface area contributed by atoms with Crippen LogP contribution in [0.1, 0.15) is 64.7 Å². The number of unbranched alkanes of at least 4 members (excludes halogenated alkanes) is 7. The molecule has 0 spiro atoms. The van der Waals surface area contributed by atoms with E-state index in [0.29, 0.717) is 0 Å². The molecule has 0 aromatic rings. The molecular formula is C18H36O3Si. The van der Waals surface area contributed by atoms with Crippen LogP contribution in [0.4, 0.5) is 0 Å². The van der Waals surface area contributed by atoms with Crippen molar-refractivity contribution in [1.82, 2.24) is 0 Å². The van der Waals surface area contributed by atoms with Gasteiger partial charge in [-0.15, -0.1) is 0 Å².